The largest absolute Gasteiger partial charge is 0.469 e. The molecule has 4 saturated carbocycles. The van der Waals surface area contributed by atoms with E-state index in [0.717, 1.165) is 49.9 Å². The van der Waals surface area contributed by atoms with E-state index in [-0.39, 0.29) is 41.5 Å². The number of ether oxygens (including phenoxy) is 2. The van der Waals surface area contributed by atoms with E-state index in [1.807, 2.05) is 12.1 Å². The third-order valence-corrected chi connectivity index (χ3v) is 7.94. The quantitative estimate of drug-likeness (QED) is 0.559. The zero-order chi connectivity index (χ0) is 22.3. The Labute approximate surface area is 188 Å². The van der Waals surface area contributed by atoms with Crippen molar-refractivity contribution < 1.29 is 19.1 Å². The molecule has 1 saturated heterocycles. The van der Waals surface area contributed by atoms with Crippen molar-refractivity contribution in [2.45, 2.75) is 50.7 Å². The smallest absolute Gasteiger partial charge is 0.410 e. The maximum Gasteiger partial charge on any atom is 0.410 e. The number of esters is 1. The molecule has 0 radical (unpaired) electrons. The summed E-state index contributed by atoms with van der Waals surface area (Å²) in [6, 6.07) is 3.98. The van der Waals surface area contributed by atoms with Crippen LogP contribution in [0.15, 0.2) is 23.3 Å². The van der Waals surface area contributed by atoms with Crippen molar-refractivity contribution in [3.8, 4) is 0 Å². The highest BCUT2D eigenvalue weighted by atomic mass is 16.6. The minimum Gasteiger partial charge on any atom is -0.469 e. The Balaban J connectivity index is 1.20. The molecular formula is C24H32N4O4. The second-order valence-corrected chi connectivity index (χ2v) is 9.99. The lowest BCUT2D eigenvalue weighted by Crippen LogP contribution is -2.58. The van der Waals surface area contributed by atoms with Gasteiger partial charge >= 0.3 is 12.1 Å². The molecule has 2 heterocycles. The lowest BCUT2D eigenvalue weighted by molar-refractivity contribution is -0.182. The van der Waals surface area contributed by atoms with E-state index in [4.69, 9.17) is 9.47 Å². The number of carbonyl (C=O) groups excluding carboxylic acids is 2. The Kier molecular flexibility index (Phi) is 5.55. The van der Waals surface area contributed by atoms with Gasteiger partial charge in [0.25, 0.3) is 0 Å². The summed E-state index contributed by atoms with van der Waals surface area (Å²) in [7, 11) is 3.22. The number of aliphatic imine (C=N–C) groups is 1. The molecule has 4 aliphatic carbocycles. The highest BCUT2D eigenvalue weighted by Crippen LogP contribution is 2.61. The van der Waals surface area contributed by atoms with Crippen molar-refractivity contribution in [2.24, 2.45) is 28.2 Å². The minimum atomic E-state index is -0.348. The van der Waals surface area contributed by atoms with Crippen molar-refractivity contribution >= 4 is 24.1 Å². The number of rotatable bonds is 5. The van der Waals surface area contributed by atoms with Gasteiger partial charge in [-0.1, -0.05) is 0 Å². The molecule has 172 valence electrons. The Bertz CT molecular complexity index is 903. The number of nitrogens with zero attached hydrogens (tertiary/aromatic N) is 3. The third-order valence-electron chi connectivity index (χ3n) is 7.94. The fourth-order valence-electron chi connectivity index (χ4n) is 6.85. The standard InChI is InChI=1S/C24H32N4O4/c1-25-13-16-4-3-6-26-21(16)27-19-5-7-28(14-19)23(30)32-20-17-8-15-9-18(20)12-24(10-15,11-17)22(29)31-2/h3-4,6,13,15,17-20H,5,7-12,14H2,1-2H3,(H,26,27)/t15?,17?,18?,19-,20?,24?/m1/s1. The molecule has 0 aromatic carbocycles. The van der Waals surface area contributed by atoms with Gasteiger partial charge in [0, 0.05) is 44.2 Å². The van der Waals surface area contributed by atoms with Crippen molar-refractivity contribution in [3.63, 3.8) is 0 Å². The van der Waals surface area contributed by atoms with Crippen molar-refractivity contribution in [3.05, 3.63) is 23.9 Å². The van der Waals surface area contributed by atoms with Gasteiger partial charge < -0.3 is 19.7 Å². The number of hydrogen-bond donors (Lipinski definition) is 1. The van der Waals surface area contributed by atoms with Gasteiger partial charge in [-0.15, -0.1) is 0 Å². The first kappa shape index (κ1) is 21.2. The van der Waals surface area contributed by atoms with E-state index in [9.17, 15) is 9.59 Å². The van der Waals surface area contributed by atoms with Gasteiger partial charge in [0.05, 0.1) is 12.5 Å². The van der Waals surface area contributed by atoms with Gasteiger partial charge in [-0.25, -0.2) is 9.78 Å². The second kappa shape index (κ2) is 8.37. The van der Waals surface area contributed by atoms with Gasteiger partial charge in [-0.2, -0.15) is 0 Å². The van der Waals surface area contributed by atoms with Crippen molar-refractivity contribution in [1.29, 1.82) is 0 Å². The van der Waals surface area contributed by atoms with E-state index in [0.29, 0.717) is 19.0 Å². The molecule has 5 fully saturated rings. The first-order valence-corrected chi connectivity index (χ1v) is 11.7. The summed E-state index contributed by atoms with van der Waals surface area (Å²) in [4.78, 5) is 35.8. The Hall–Kier alpha value is -2.64. The van der Waals surface area contributed by atoms with Gasteiger partial charge in [-0.05, 0) is 68.4 Å². The Morgan fingerprint density at radius 1 is 1.28 bits per heavy atom. The maximum atomic E-state index is 13.0. The van der Waals surface area contributed by atoms with Crippen LogP contribution < -0.4 is 5.32 Å². The number of nitrogens with one attached hydrogen (secondary N) is 1. The van der Waals surface area contributed by atoms with Crippen LogP contribution in [0.4, 0.5) is 10.6 Å². The fourth-order valence-corrected chi connectivity index (χ4v) is 6.85. The van der Waals surface area contributed by atoms with Crippen LogP contribution in [0.25, 0.3) is 0 Å². The summed E-state index contributed by atoms with van der Waals surface area (Å²) in [5.74, 6) is 1.81. The summed E-state index contributed by atoms with van der Waals surface area (Å²) < 4.78 is 11.2. The number of likely N-dealkylation sites (tertiary alicyclic amines) is 1. The number of hydrogen-bond acceptors (Lipinski definition) is 7. The van der Waals surface area contributed by atoms with Gasteiger partial charge in [0.15, 0.2) is 0 Å². The van der Waals surface area contributed by atoms with Crippen LogP contribution in [0.2, 0.25) is 0 Å². The van der Waals surface area contributed by atoms with Gasteiger partial charge in [0.2, 0.25) is 0 Å². The molecule has 4 bridgehead atoms. The lowest BCUT2D eigenvalue weighted by atomic mass is 9.48. The number of amides is 1. The normalized spacial score (nSPS) is 35.3. The molecule has 8 heteroatoms. The highest BCUT2D eigenvalue weighted by molar-refractivity contribution is 5.86. The molecule has 0 spiro atoms. The first-order chi connectivity index (χ1) is 15.5. The topological polar surface area (TPSA) is 93.1 Å². The average Bonchev–Trinajstić information content (AvgIpc) is 3.25. The molecule has 1 N–H and O–H groups in total. The molecule has 5 aliphatic rings. The molecular weight excluding hydrogens is 408 g/mol. The summed E-state index contributed by atoms with van der Waals surface area (Å²) >= 11 is 0. The summed E-state index contributed by atoms with van der Waals surface area (Å²) in [6.07, 6.45) is 8.70. The molecule has 1 aromatic heterocycles. The monoisotopic (exact) mass is 440 g/mol. The summed E-state index contributed by atoms with van der Waals surface area (Å²) in [6.45, 7) is 1.26. The van der Waals surface area contributed by atoms with Crippen molar-refractivity contribution in [1.82, 2.24) is 9.88 Å². The maximum absolute atomic E-state index is 13.0. The SMILES string of the molecule is CN=Cc1cccnc1N[C@@H]1CCN(C(=O)OC2C3CC4CC2CC(C(=O)OC)(C4)C3)C1. The lowest BCUT2D eigenvalue weighted by Gasteiger charge is -2.57. The van der Waals surface area contributed by atoms with Crippen LogP contribution in [0.3, 0.4) is 0 Å². The van der Waals surface area contributed by atoms with Gasteiger partial charge in [-0.3, -0.25) is 9.79 Å². The van der Waals surface area contributed by atoms with Crippen LogP contribution in [-0.4, -0.2) is 67.6 Å². The Morgan fingerprint density at radius 2 is 2.06 bits per heavy atom. The van der Waals surface area contributed by atoms with E-state index in [1.54, 1.807) is 24.4 Å². The summed E-state index contributed by atoms with van der Waals surface area (Å²) in [5.41, 5.74) is 0.586. The van der Waals surface area contributed by atoms with Crippen LogP contribution >= 0.6 is 0 Å². The molecule has 32 heavy (non-hydrogen) atoms. The first-order valence-electron chi connectivity index (χ1n) is 11.7. The Morgan fingerprint density at radius 3 is 2.78 bits per heavy atom. The van der Waals surface area contributed by atoms with E-state index >= 15 is 0 Å². The van der Waals surface area contributed by atoms with E-state index in [2.05, 4.69) is 15.3 Å². The minimum absolute atomic E-state index is 0.0721. The summed E-state index contributed by atoms with van der Waals surface area (Å²) in [5, 5.41) is 3.45. The number of anilines is 1. The van der Waals surface area contributed by atoms with Crippen LogP contribution in [-0.2, 0) is 14.3 Å². The van der Waals surface area contributed by atoms with E-state index < -0.39 is 0 Å². The average molecular weight is 441 g/mol. The number of carbonyl (C=O) groups is 2. The third kappa shape index (κ3) is 3.73. The molecule has 6 rings (SSSR count). The number of aromatic nitrogens is 1. The van der Waals surface area contributed by atoms with Crippen molar-refractivity contribution in [2.75, 3.05) is 32.6 Å². The molecule has 8 nitrogen and oxygen atoms in total. The molecule has 1 aromatic rings. The molecule has 1 aliphatic heterocycles. The highest BCUT2D eigenvalue weighted by Gasteiger charge is 2.60. The zero-order valence-electron chi connectivity index (χ0n) is 18.8. The molecule has 2 unspecified atom stereocenters. The van der Waals surface area contributed by atoms with E-state index in [1.165, 1.54) is 7.11 Å². The second-order valence-electron chi connectivity index (χ2n) is 9.99. The van der Waals surface area contributed by atoms with Crippen LogP contribution in [0.5, 0.6) is 0 Å². The predicted octanol–water partition coefficient (Wildman–Crippen LogP) is 3.12. The fraction of sp³-hybridized carbons (Fsp3) is 0.667. The van der Waals surface area contributed by atoms with Crippen LogP contribution in [0.1, 0.15) is 44.1 Å². The van der Waals surface area contributed by atoms with Crippen LogP contribution in [0, 0.1) is 23.2 Å². The number of pyridine rings is 1. The predicted molar refractivity (Wildman–Crippen MR) is 120 cm³/mol. The molecule has 1 amide bonds. The van der Waals surface area contributed by atoms with Gasteiger partial charge in [0.1, 0.15) is 11.9 Å². The molecule has 3 atom stereocenters. The zero-order valence-corrected chi connectivity index (χ0v) is 18.8. The number of methoxy groups -OCH3 is 1.